The standard InChI is InChI=1S/C12H10ClF3N2O/c1-7-17-11(19)4-5-18(7)10-3-2-8(6-9(10)13)12(14,15)16/h2-7H,1H3,(H,17,19). The number of hydrogen-bond donors (Lipinski definition) is 1. The molecule has 0 aliphatic carbocycles. The zero-order valence-corrected chi connectivity index (χ0v) is 10.6. The molecule has 19 heavy (non-hydrogen) atoms. The van der Waals surface area contributed by atoms with Crippen molar-refractivity contribution in [1.82, 2.24) is 5.32 Å². The molecule has 0 saturated heterocycles. The lowest BCUT2D eigenvalue weighted by molar-refractivity contribution is -0.137. The molecule has 102 valence electrons. The van der Waals surface area contributed by atoms with Gasteiger partial charge in [0.2, 0.25) is 5.91 Å². The third kappa shape index (κ3) is 2.84. The van der Waals surface area contributed by atoms with Crippen LogP contribution in [0.15, 0.2) is 30.5 Å². The maximum atomic E-state index is 12.5. The van der Waals surface area contributed by atoms with E-state index in [1.807, 2.05) is 0 Å². The van der Waals surface area contributed by atoms with Crippen LogP contribution in [-0.4, -0.2) is 12.1 Å². The quantitative estimate of drug-likeness (QED) is 0.862. The molecule has 2 rings (SSSR count). The molecule has 1 aromatic carbocycles. The molecule has 1 atom stereocenters. The van der Waals surface area contributed by atoms with Gasteiger partial charge in [0.25, 0.3) is 0 Å². The largest absolute Gasteiger partial charge is 0.416 e. The van der Waals surface area contributed by atoms with Gasteiger partial charge in [0.1, 0.15) is 6.17 Å². The second kappa shape index (κ2) is 4.77. The predicted octanol–water partition coefficient (Wildman–Crippen LogP) is 3.15. The number of benzene rings is 1. The Labute approximate surface area is 112 Å². The summed E-state index contributed by atoms with van der Waals surface area (Å²) in [4.78, 5) is 12.7. The van der Waals surface area contributed by atoms with Crippen molar-refractivity contribution in [2.75, 3.05) is 4.90 Å². The number of halogens is 4. The average Bonchev–Trinajstić information content (AvgIpc) is 2.28. The number of nitrogens with one attached hydrogen (secondary N) is 1. The normalized spacial score (nSPS) is 19.5. The monoisotopic (exact) mass is 290 g/mol. The lowest BCUT2D eigenvalue weighted by atomic mass is 10.1. The Bertz CT molecular complexity index is 542. The van der Waals surface area contributed by atoms with Gasteiger partial charge in [-0.05, 0) is 25.1 Å². The van der Waals surface area contributed by atoms with Crippen LogP contribution in [0.4, 0.5) is 18.9 Å². The highest BCUT2D eigenvalue weighted by Crippen LogP contribution is 2.35. The number of rotatable bonds is 1. The lowest BCUT2D eigenvalue weighted by Gasteiger charge is -2.31. The van der Waals surface area contributed by atoms with Crippen LogP contribution in [0.3, 0.4) is 0 Å². The van der Waals surface area contributed by atoms with E-state index in [-0.39, 0.29) is 17.1 Å². The summed E-state index contributed by atoms with van der Waals surface area (Å²) in [6.07, 6.45) is -2.04. The highest BCUT2D eigenvalue weighted by atomic mass is 35.5. The van der Waals surface area contributed by atoms with Crippen LogP contribution < -0.4 is 10.2 Å². The molecule has 0 bridgehead atoms. The van der Waals surface area contributed by atoms with Crippen LogP contribution in [0, 0.1) is 0 Å². The first kappa shape index (κ1) is 13.7. The van der Waals surface area contributed by atoms with E-state index < -0.39 is 11.7 Å². The Kier molecular flexibility index (Phi) is 3.45. The van der Waals surface area contributed by atoms with Gasteiger partial charge in [-0.3, -0.25) is 4.79 Å². The highest BCUT2D eigenvalue weighted by molar-refractivity contribution is 6.33. The predicted molar refractivity (Wildman–Crippen MR) is 65.7 cm³/mol. The van der Waals surface area contributed by atoms with Gasteiger partial charge in [-0.1, -0.05) is 11.6 Å². The van der Waals surface area contributed by atoms with Crippen LogP contribution in [0.2, 0.25) is 5.02 Å². The molecule has 1 unspecified atom stereocenters. The first-order valence-electron chi connectivity index (χ1n) is 5.43. The maximum Gasteiger partial charge on any atom is 0.416 e. The van der Waals surface area contributed by atoms with Crippen molar-refractivity contribution in [2.45, 2.75) is 19.3 Å². The molecule has 0 saturated carbocycles. The van der Waals surface area contributed by atoms with Crippen molar-refractivity contribution < 1.29 is 18.0 Å². The molecule has 3 nitrogen and oxygen atoms in total. The SMILES string of the molecule is CC1NC(=O)C=CN1c1ccc(C(F)(F)F)cc1Cl. The Morgan fingerprint density at radius 3 is 2.58 bits per heavy atom. The lowest BCUT2D eigenvalue weighted by Crippen LogP contribution is -2.46. The minimum Gasteiger partial charge on any atom is -0.332 e. The summed E-state index contributed by atoms with van der Waals surface area (Å²) in [5.74, 6) is -0.258. The van der Waals surface area contributed by atoms with Gasteiger partial charge in [0, 0.05) is 12.3 Å². The molecule has 1 aromatic rings. The maximum absolute atomic E-state index is 12.5. The number of amides is 1. The van der Waals surface area contributed by atoms with Gasteiger partial charge in [-0.2, -0.15) is 13.2 Å². The number of hydrogen-bond acceptors (Lipinski definition) is 2. The minimum atomic E-state index is -4.43. The molecule has 1 aliphatic heterocycles. The second-order valence-electron chi connectivity index (χ2n) is 4.07. The highest BCUT2D eigenvalue weighted by Gasteiger charge is 2.31. The molecular weight excluding hydrogens is 281 g/mol. The van der Waals surface area contributed by atoms with Gasteiger partial charge in [0.05, 0.1) is 16.3 Å². The van der Waals surface area contributed by atoms with E-state index in [1.54, 1.807) is 11.8 Å². The second-order valence-corrected chi connectivity index (χ2v) is 4.48. The van der Waals surface area contributed by atoms with Crippen molar-refractivity contribution in [3.63, 3.8) is 0 Å². The number of carbonyl (C=O) groups excluding carboxylic acids is 1. The number of nitrogens with zero attached hydrogens (tertiary/aromatic N) is 1. The smallest absolute Gasteiger partial charge is 0.332 e. The molecule has 1 aliphatic rings. The Hall–Kier alpha value is -1.69. The minimum absolute atomic E-state index is 0.0255. The van der Waals surface area contributed by atoms with Crippen molar-refractivity contribution >= 4 is 23.2 Å². The average molecular weight is 291 g/mol. The van der Waals surface area contributed by atoms with Crippen LogP contribution in [0.25, 0.3) is 0 Å². The van der Waals surface area contributed by atoms with Crippen molar-refractivity contribution in [1.29, 1.82) is 0 Å². The molecule has 1 heterocycles. The molecule has 0 fully saturated rings. The summed E-state index contributed by atoms with van der Waals surface area (Å²) in [5, 5.41) is 2.59. The Morgan fingerprint density at radius 1 is 1.37 bits per heavy atom. The molecule has 1 amide bonds. The summed E-state index contributed by atoms with van der Waals surface area (Å²) >= 11 is 5.88. The zero-order chi connectivity index (χ0) is 14.2. The molecule has 0 spiro atoms. The van der Waals surface area contributed by atoms with Gasteiger partial charge in [-0.25, -0.2) is 0 Å². The van der Waals surface area contributed by atoms with Crippen LogP contribution in [0.1, 0.15) is 12.5 Å². The van der Waals surface area contributed by atoms with E-state index in [0.29, 0.717) is 5.69 Å². The van der Waals surface area contributed by atoms with Crippen molar-refractivity contribution in [3.05, 3.63) is 41.1 Å². The fourth-order valence-electron chi connectivity index (χ4n) is 1.78. The summed E-state index contributed by atoms with van der Waals surface area (Å²) < 4.78 is 37.6. The van der Waals surface area contributed by atoms with E-state index in [1.165, 1.54) is 18.3 Å². The number of alkyl halides is 3. The molecule has 1 N–H and O–H groups in total. The summed E-state index contributed by atoms with van der Waals surface area (Å²) in [6, 6.07) is 3.11. The van der Waals surface area contributed by atoms with Crippen LogP contribution in [-0.2, 0) is 11.0 Å². The van der Waals surface area contributed by atoms with Gasteiger partial charge < -0.3 is 10.2 Å². The molecule has 7 heteroatoms. The topological polar surface area (TPSA) is 32.3 Å². The van der Waals surface area contributed by atoms with Gasteiger partial charge >= 0.3 is 6.18 Å². The summed E-state index contributed by atoms with van der Waals surface area (Å²) in [6.45, 7) is 1.70. The van der Waals surface area contributed by atoms with Crippen LogP contribution >= 0.6 is 11.6 Å². The van der Waals surface area contributed by atoms with E-state index in [0.717, 1.165) is 12.1 Å². The number of carbonyl (C=O) groups is 1. The van der Waals surface area contributed by atoms with Gasteiger partial charge in [0.15, 0.2) is 0 Å². The third-order valence-electron chi connectivity index (χ3n) is 2.71. The van der Waals surface area contributed by atoms with E-state index in [4.69, 9.17) is 11.6 Å². The van der Waals surface area contributed by atoms with E-state index in [9.17, 15) is 18.0 Å². The first-order valence-corrected chi connectivity index (χ1v) is 5.80. The van der Waals surface area contributed by atoms with E-state index >= 15 is 0 Å². The van der Waals surface area contributed by atoms with Crippen LogP contribution in [0.5, 0.6) is 0 Å². The Morgan fingerprint density at radius 2 is 2.05 bits per heavy atom. The van der Waals surface area contributed by atoms with Crippen molar-refractivity contribution in [2.24, 2.45) is 0 Å². The van der Waals surface area contributed by atoms with E-state index in [2.05, 4.69) is 5.32 Å². The molecule has 0 aromatic heterocycles. The fraction of sp³-hybridized carbons (Fsp3) is 0.250. The molecule has 0 radical (unpaired) electrons. The first-order chi connectivity index (χ1) is 8.79. The Balaban J connectivity index is 2.37. The summed E-state index contributed by atoms with van der Waals surface area (Å²) in [7, 11) is 0. The van der Waals surface area contributed by atoms with Gasteiger partial charge in [-0.15, -0.1) is 0 Å². The fourth-order valence-corrected chi connectivity index (χ4v) is 2.06. The zero-order valence-electron chi connectivity index (χ0n) is 9.83. The van der Waals surface area contributed by atoms with Crippen molar-refractivity contribution in [3.8, 4) is 0 Å². The summed E-state index contributed by atoms with van der Waals surface area (Å²) in [5.41, 5.74) is -0.405. The number of anilines is 1. The third-order valence-corrected chi connectivity index (χ3v) is 3.01. The molecular formula is C12H10ClF3N2O.